The van der Waals surface area contributed by atoms with Crippen LogP contribution in [0.2, 0.25) is 0 Å². The zero-order valence-corrected chi connectivity index (χ0v) is 12.5. The Morgan fingerprint density at radius 3 is 2.65 bits per heavy atom. The molecule has 3 heteroatoms. The molecule has 2 fully saturated rings. The van der Waals surface area contributed by atoms with Gasteiger partial charge in [0.05, 0.1) is 6.10 Å². The predicted octanol–water partition coefficient (Wildman–Crippen LogP) is 3.06. The minimum atomic E-state index is 0.450. The third kappa shape index (κ3) is 2.99. The second-order valence-electron chi connectivity index (χ2n) is 6.14. The first-order valence-corrected chi connectivity index (χ1v) is 7.99. The molecule has 2 rings (SSSR count). The van der Waals surface area contributed by atoms with Gasteiger partial charge < -0.3 is 10.1 Å². The summed E-state index contributed by atoms with van der Waals surface area (Å²) in [4.78, 5) is 0. The van der Waals surface area contributed by atoms with Crippen molar-refractivity contribution in [3.05, 3.63) is 0 Å². The molecule has 0 radical (unpaired) electrons. The minimum Gasteiger partial charge on any atom is -0.377 e. The van der Waals surface area contributed by atoms with E-state index in [0.717, 1.165) is 23.7 Å². The van der Waals surface area contributed by atoms with Gasteiger partial charge in [0, 0.05) is 23.1 Å². The summed E-state index contributed by atoms with van der Waals surface area (Å²) in [6, 6.07) is 0.672. The standard InChI is InChI=1S/C14H27NOS/c1-5-15-13-12(6-8-14(13,3)4)17-11-7-9-16-10(11)2/h10-13,15H,5-9H2,1-4H3. The first-order valence-electron chi connectivity index (χ1n) is 7.05. The summed E-state index contributed by atoms with van der Waals surface area (Å²) < 4.78 is 5.68. The molecule has 0 amide bonds. The Bertz CT molecular complexity index is 257. The van der Waals surface area contributed by atoms with Gasteiger partial charge in [-0.15, -0.1) is 0 Å². The van der Waals surface area contributed by atoms with Gasteiger partial charge in [-0.25, -0.2) is 0 Å². The van der Waals surface area contributed by atoms with E-state index in [1.54, 1.807) is 0 Å². The molecule has 1 heterocycles. The molecule has 0 bridgehead atoms. The molecule has 1 aliphatic heterocycles. The Morgan fingerprint density at radius 1 is 1.29 bits per heavy atom. The number of nitrogens with one attached hydrogen (secondary N) is 1. The zero-order valence-electron chi connectivity index (χ0n) is 11.7. The van der Waals surface area contributed by atoms with Gasteiger partial charge >= 0.3 is 0 Å². The van der Waals surface area contributed by atoms with Crippen LogP contribution in [0.25, 0.3) is 0 Å². The van der Waals surface area contributed by atoms with Gasteiger partial charge in [0.25, 0.3) is 0 Å². The molecule has 1 saturated carbocycles. The molecule has 0 aromatic carbocycles. The average Bonchev–Trinajstić information content (AvgIpc) is 2.78. The van der Waals surface area contributed by atoms with Crippen LogP contribution < -0.4 is 5.32 Å². The Hall–Kier alpha value is 0.270. The van der Waals surface area contributed by atoms with E-state index in [2.05, 4.69) is 44.8 Å². The van der Waals surface area contributed by atoms with Crippen molar-refractivity contribution in [3.8, 4) is 0 Å². The molecule has 4 unspecified atom stereocenters. The summed E-state index contributed by atoms with van der Waals surface area (Å²) >= 11 is 2.19. The van der Waals surface area contributed by atoms with Gasteiger partial charge in [0.1, 0.15) is 0 Å². The SMILES string of the molecule is CCNC1C(SC2CCOC2C)CCC1(C)C. The van der Waals surface area contributed by atoms with Crippen LogP contribution >= 0.6 is 11.8 Å². The Balaban J connectivity index is 1.95. The predicted molar refractivity (Wildman–Crippen MR) is 75.7 cm³/mol. The lowest BCUT2D eigenvalue weighted by atomic mass is 9.87. The lowest BCUT2D eigenvalue weighted by molar-refractivity contribution is 0.127. The second-order valence-corrected chi connectivity index (χ2v) is 7.62. The maximum absolute atomic E-state index is 5.68. The van der Waals surface area contributed by atoms with Gasteiger partial charge in [-0.2, -0.15) is 11.8 Å². The van der Waals surface area contributed by atoms with E-state index in [9.17, 15) is 0 Å². The summed E-state index contributed by atoms with van der Waals surface area (Å²) in [6.45, 7) is 11.3. The van der Waals surface area contributed by atoms with Crippen molar-refractivity contribution >= 4 is 11.8 Å². The summed E-state index contributed by atoms with van der Waals surface area (Å²) in [6.07, 6.45) is 4.40. The highest BCUT2D eigenvalue weighted by Crippen LogP contribution is 2.45. The molecular formula is C14H27NOS. The summed E-state index contributed by atoms with van der Waals surface area (Å²) in [5, 5.41) is 5.21. The maximum Gasteiger partial charge on any atom is 0.0666 e. The third-order valence-electron chi connectivity index (χ3n) is 4.37. The maximum atomic E-state index is 5.68. The molecule has 0 aromatic heterocycles. The van der Waals surface area contributed by atoms with E-state index < -0.39 is 0 Å². The molecule has 100 valence electrons. The van der Waals surface area contributed by atoms with Crippen LogP contribution in [0.1, 0.15) is 47.0 Å². The van der Waals surface area contributed by atoms with Crippen molar-refractivity contribution in [1.29, 1.82) is 0 Å². The molecule has 0 aromatic rings. The summed E-state index contributed by atoms with van der Waals surface area (Å²) in [5.41, 5.74) is 0.455. The molecule has 2 nitrogen and oxygen atoms in total. The van der Waals surface area contributed by atoms with Crippen LogP contribution in [0, 0.1) is 5.41 Å². The van der Waals surface area contributed by atoms with Crippen LogP contribution in [-0.4, -0.2) is 35.8 Å². The van der Waals surface area contributed by atoms with E-state index in [-0.39, 0.29) is 0 Å². The fraction of sp³-hybridized carbons (Fsp3) is 1.00. The highest BCUT2D eigenvalue weighted by Gasteiger charge is 2.43. The molecule has 1 saturated heterocycles. The Morgan fingerprint density at radius 2 is 2.06 bits per heavy atom. The first kappa shape index (κ1) is 13.7. The molecule has 1 N–H and O–H groups in total. The van der Waals surface area contributed by atoms with Crippen molar-refractivity contribution in [1.82, 2.24) is 5.32 Å². The lowest BCUT2D eigenvalue weighted by Crippen LogP contribution is -2.44. The van der Waals surface area contributed by atoms with Gasteiger partial charge in [0.15, 0.2) is 0 Å². The fourth-order valence-electron chi connectivity index (χ4n) is 3.23. The lowest BCUT2D eigenvalue weighted by Gasteiger charge is -2.32. The average molecular weight is 257 g/mol. The van der Waals surface area contributed by atoms with Crippen LogP contribution in [0.3, 0.4) is 0 Å². The smallest absolute Gasteiger partial charge is 0.0666 e. The van der Waals surface area contributed by atoms with E-state index in [1.165, 1.54) is 19.3 Å². The highest BCUT2D eigenvalue weighted by molar-refractivity contribution is 8.00. The van der Waals surface area contributed by atoms with Crippen LogP contribution in [-0.2, 0) is 4.74 Å². The van der Waals surface area contributed by atoms with E-state index in [1.807, 2.05) is 0 Å². The van der Waals surface area contributed by atoms with E-state index in [4.69, 9.17) is 4.74 Å². The van der Waals surface area contributed by atoms with Gasteiger partial charge in [-0.1, -0.05) is 20.8 Å². The largest absolute Gasteiger partial charge is 0.377 e. The normalized spacial score (nSPS) is 40.9. The third-order valence-corrected chi connectivity index (χ3v) is 6.19. The van der Waals surface area contributed by atoms with Gasteiger partial charge in [0.2, 0.25) is 0 Å². The van der Waals surface area contributed by atoms with Crippen LogP contribution in [0.15, 0.2) is 0 Å². The van der Waals surface area contributed by atoms with Gasteiger partial charge in [-0.3, -0.25) is 0 Å². The number of hydrogen-bond donors (Lipinski definition) is 1. The van der Waals surface area contributed by atoms with Crippen molar-refractivity contribution in [3.63, 3.8) is 0 Å². The monoisotopic (exact) mass is 257 g/mol. The van der Waals surface area contributed by atoms with Crippen molar-refractivity contribution in [2.75, 3.05) is 13.2 Å². The van der Waals surface area contributed by atoms with E-state index in [0.29, 0.717) is 17.6 Å². The molecule has 0 spiro atoms. The van der Waals surface area contributed by atoms with Crippen LogP contribution in [0.4, 0.5) is 0 Å². The number of ether oxygens (including phenoxy) is 1. The number of thioether (sulfide) groups is 1. The first-order chi connectivity index (χ1) is 8.04. The number of hydrogen-bond acceptors (Lipinski definition) is 3. The number of rotatable bonds is 4. The topological polar surface area (TPSA) is 21.3 Å². The molecule has 1 aliphatic carbocycles. The van der Waals surface area contributed by atoms with E-state index >= 15 is 0 Å². The van der Waals surface area contributed by atoms with Crippen molar-refractivity contribution in [2.45, 2.75) is 69.6 Å². The molecule has 17 heavy (non-hydrogen) atoms. The molecule has 2 aliphatic rings. The van der Waals surface area contributed by atoms with Crippen molar-refractivity contribution in [2.24, 2.45) is 5.41 Å². The highest BCUT2D eigenvalue weighted by atomic mass is 32.2. The minimum absolute atomic E-state index is 0.450. The van der Waals surface area contributed by atoms with Crippen molar-refractivity contribution < 1.29 is 4.74 Å². The molecule has 4 atom stereocenters. The fourth-order valence-corrected chi connectivity index (χ4v) is 5.09. The zero-order chi connectivity index (χ0) is 12.5. The summed E-state index contributed by atoms with van der Waals surface area (Å²) in [5.74, 6) is 0. The molecular weight excluding hydrogens is 230 g/mol. The second kappa shape index (κ2) is 5.50. The van der Waals surface area contributed by atoms with Gasteiger partial charge in [-0.05, 0) is 38.1 Å². The summed E-state index contributed by atoms with van der Waals surface area (Å²) in [7, 11) is 0. The Kier molecular flexibility index (Phi) is 4.43. The quantitative estimate of drug-likeness (QED) is 0.836. The Labute approximate surface area is 110 Å². The van der Waals surface area contributed by atoms with Crippen LogP contribution in [0.5, 0.6) is 0 Å².